The minimum absolute atomic E-state index is 0.136. The van der Waals surface area contributed by atoms with Crippen LogP contribution in [0.4, 0.5) is 11.4 Å². The number of anilines is 2. The summed E-state index contributed by atoms with van der Waals surface area (Å²) in [6.45, 7) is 1.60. The van der Waals surface area contributed by atoms with Crippen LogP contribution >= 0.6 is 0 Å². The molecule has 0 saturated heterocycles. The van der Waals surface area contributed by atoms with Crippen LogP contribution in [-0.4, -0.2) is 42.4 Å². The number of primary amides is 1. The predicted octanol–water partition coefficient (Wildman–Crippen LogP) is 2.03. The van der Waals surface area contributed by atoms with Gasteiger partial charge < -0.3 is 11.2 Å². The van der Waals surface area contributed by atoms with E-state index in [2.05, 4.69) is 20.8 Å². The van der Waals surface area contributed by atoms with E-state index in [0.717, 1.165) is 17.4 Å². The number of nitrogens with two attached hydrogens (primary N) is 1. The summed E-state index contributed by atoms with van der Waals surface area (Å²) >= 11 is 0. The molecule has 1 atom stereocenters. The fraction of sp³-hybridized carbons (Fsp3) is 0.192. The van der Waals surface area contributed by atoms with Crippen molar-refractivity contribution < 1.29 is 14.4 Å². The summed E-state index contributed by atoms with van der Waals surface area (Å²) in [5.74, 6) is -0.792. The third-order valence-corrected chi connectivity index (χ3v) is 5.99. The van der Waals surface area contributed by atoms with Crippen LogP contribution in [0.25, 0.3) is 0 Å². The van der Waals surface area contributed by atoms with E-state index >= 15 is 0 Å². The smallest absolute Gasteiger partial charge is 0.256 e. The van der Waals surface area contributed by atoms with E-state index in [1.807, 2.05) is 42.5 Å². The predicted molar refractivity (Wildman–Crippen MR) is 134 cm³/mol. The van der Waals surface area contributed by atoms with E-state index in [0.29, 0.717) is 34.6 Å². The molecule has 9 nitrogen and oxygen atoms in total. The number of carbonyl (C=O) groups excluding carboxylic acids is 3. The molecule has 2 heterocycles. The molecule has 35 heavy (non-hydrogen) atoms. The summed E-state index contributed by atoms with van der Waals surface area (Å²) in [4.78, 5) is 42.6. The molecule has 2 aromatic carbocycles. The minimum atomic E-state index is -1.12. The monoisotopic (exact) mass is 470 g/mol. The molecule has 1 aromatic heterocycles. The molecular formula is C26H26N6O3. The van der Waals surface area contributed by atoms with Crippen LogP contribution in [0.15, 0.2) is 72.1 Å². The first-order valence-corrected chi connectivity index (χ1v) is 11.1. The summed E-state index contributed by atoms with van der Waals surface area (Å²) in [6, 6.07) is 16.5. The Balaban J connectivity index is 1.71. The van der Waals surface area contributed by atoms with E-state index in [9.17, 15) is 14.4 Å². The van der Waals surface area contributed by atoms with Crippen molar-refractivity contribution in [3.05, 3.63) is 89.2 Å². The van der Waals surface area contributed by atoms with E-state index in [1.165, 1.54) is 0 Å². The highest BCUT2D eigenvalue weighted by Gasteiger charge is 2.48. The average Bonchev–Trinajstić information content (AvgIpc) is 3.09. The zero-order valence-electron chi connectivity index (χ0n) is 19.5. The van der Waals surface area contributed by atoms with Gasteiger partial charge >= 0.3 is 0 Å². The number of hydrogen-bond donors (Lipinski definition) is 3. The average molecular weight is 471 g/mol. The van der Waals surface area contributed by atoms with Crippen LogP contribution in [0.1, 0.15) is 34.0 Å². The fourth-order valence-electron chi connectivity index (χ4n) is 4.31. The van der Waals surface area contributed by atoms with Gasteiger partial charge in [-0.25, -0.2) is 0 Å². The number of hydrazone groups is 1. The van der Waals surface area contributed by atoms with Crippen molar-refractivity contribution in [3.63, 3.8) is 0 Å². The molecule has 1 unspecified atom stereocenters. The highest BCUT2D eigenvalue weighted by Crippen LogP contribution is 2.43. The molecule has 0 saturated carbocycles. The lowest BCUT2D eigenvalue weighted by molar-refractivity contribution is -0.123. The Kier molecular flexibility index (Phi) is 6.70. The lowest BCUT2D eigenvalue weighted by atomic mass is 9.93. The summed E-state index contributed by atoms with van der Waals surface area (Å²) in [5.41, 5.74) is 11.7. The summed E-state index contributed by atoms with van der Waals surface area (Å²) in [5, 5.41) is 7.40. The Morgan fingerprint density at radius 1 is 1.17 bits per heavy atom. The number of pyridine rings is 1. The lowest BCUT2D eigenvalue weighted by Crippen LogP contribution is -2.50. The van der Waals surface area contributed by atoms with Gasteiger partial charge in [-0.1, -0.05) is 42.5 Å². The number of fused-ring (bicyclic) bond motifs is 1. The first-order valence-electron chi connectivity index (χ1n) is 11.1. The van der Waals surface area contributed by atoms with Gasteiger partial charge in [-0.05, 0) is 24.6 Å². The van der Waals surface area contributed by atoms with Crippen LogP contribution in [0.3, 0.4) is 0 Å². The zero-order chi connectivity index (χ0) is 25.0. The highest BCUT2D eigenvalue weighted by molar-refractivity contribution is 6.13. The Bertz CT molecular complexity index is 1320. The van der Waals surface area contributed by atoms with Gasteiger partial charge in [0.25, 0.3) is 5.91 Å². The number of para-hydroxylation sites is 1. The summed E-state index contributed by atoms with van der Waals surface area (Å²) in [6.07, 6.45) is 4.50. The highest BCUT2D eigenvalue weighted by atomic mass is 16.2. The molecule has 1 aliphatic rings. The maximum Gasteiger partial charge on any atom is 0.256 e. The fourth-order valence-corrected chi connectivity index (χ4v) is 4.31. The van der Waals surface area contributed by atoms with Crippen LogP contribution < -0.4 is 21.4 Å². The molecule has 0 fully saturated rings. The maximum absolute atomic E-state index is 13.6. The molecule has 4 N–H and O–H groups in total. The van der Waals surface area contributed by atoms with Crippen molar-refractivity contribution in [2.24, 2.45) is 10.8 Å². The van der Waals surface area contributed by atoms with Crippen molar-refractivity contribution in [2.75, 3.05) is 18.5 Å². The van der Waals surface area contributed by atoms with Crippen molar-refractivity contribution in [1.82, 2.24) is 15.7 Å². The Morgan fingerprint density at radius 3 is 2.66 bits per heavy atom. The zero-order valence-corrected chi connectivity index (χ0v) is 19.5. The van der Waals surface area contributed by atoms with Crippen molar-refractivity contribution in [2.45, 2.75) is 18.9 Å². The summed E-state index contributed by atoms with van der Waals surface area (Å²) < 4.78 is 0. The van der Waals surface area contributed by atoms with Crippen molar-refractivity contribution >= 4 is 35.2 Å². The molecule has 0 spiro atoms. The first-order chi connectivity index (χ1) is 16.9. The van der Waals surface area contributed by atoms with Crippen molar-refractivity contribution in [3.8, 4) is 0 Å². The van der Waals surface area contributed by atoms with Gasteiger partial charge in [-0.3, -0.25) is 29.6 Å². The van der Waals surface area contributed by atoms with Crippen molar-refractivity contribution in [1.29, 1.82) is 0 Å². The Morgan fingerprint density at radius 2 is 1.91 bits per heavy atom. The number of aromatic nitrogens is 1. The number of carbonyl (C=O) groups is 3. The SMILES string of the molecule is CN/N=C(/Cc1cncc(N2C(=O)C(C)(NCC(N)=O)c3ccccc32)c1)c1ccccc1C=O. The van der Waals surface area contributed by atoms with Gasteiger partial charge in [0.1, 0.15) is 5.54 Å². The molecule has 178 valence electrons. The molecule has 2 amide bonds. The number of rotatable bonds is 9. The topological polar surface area (TPSA) is 130 Å². The van der Waals surface area contributed by atoms with Crippen LogP contribution in [0, 0.1) is 0 Å². The molecule has 0 bridgehead atoms. The molecule has 4 rings (SSSR count). The largest absolute Gasteiger partial charge is 0.369 e. The molecule has 1 aliphatic heterocycles. The van der Waals surface area contributed by atoms with Crippen LogP contribution in [0.5, 0.6) is 0 Å². The molecule has 9 heteroatoms. The number of aldehydes is 1. The second-order valence-corrected chi connectivity index (χ2v) is 8.32. The maximum atomic E-state index is 13.6. The van der Waals surface area contributed by atoms with Crippen LogP contribution in [-0.2, 0) is 21.5 Å². The number of nitrogens with one attached hydrogen (secondary N) is 2. The van der Waals surface area contributed by atoms with Gasteiger partial charge in [0, 0.05) is 36.4 Å². The normalized spacial score (nSPS) is 17.3. The van der Waals surface area contributed by atoms with E-state index < -0.39 is 11.4 Å². The quantitative estimate of drug-likeness (QED) is 0.249. The number of hydrogen-bond acceptors (Lipinski definition) is 7. The lowest BCUT2D eigenvalue weighted by Gasteiger charge is -2.25. The van der Waals surface area contributed by atoms with E-state index in [4.69, 9.17) is 5.73 Å². The minimum Gasteiger partial charge on any atom is -0.369 e. The summed E-state index contributed by atoms with van der Waals surface area (Å²) in [7, 11) is 1.69. The third kappa shape index (κ3) is 4.53. The van der Waals surface area contributed by atoms with E-state index in [-0.39, 0.29) is 12.5 Å². The van der Waals surface area contributed by atoms with Gasteiger partial charge in [0.05, 0.1) is 29.8 Å². The Labute approximate surface area is 203 Å². The number of nitrogens with zero attached hydrogens (tertiary/aromatic N) is 3. The molecule has 0 aliphatic carbocycles. The number of benzene rings is 2. The van der Waals surface area contributed by atoms with Gasteiger partial charge in [-0.2, -0.15) is 5.10 Å². The number of amides is 2. The second kappa shape index (κ2) is 9.86. The third-order valence-electron chi connectivity index (χ3n) is 5.99. The van der Waals surface area contributed by atoms with Gasteiger partial charge in [-0.15, -0.1) is 0 Å². The molecular weight excluding hydrogens is 444 g/mol. The van der Waals surface area contributed by atoms with Gasteiger partial charge in [0.15, 0.2) is 6.29 Å². The van der Waals surface area contributed by atoms with Crippen LogP contribution in [0.2, 0.25) is 0 Å². The van der Waals surface area contributed by atoms with E-state index in [1.54, 1.807) is 43.4 Å². The standard InChI is InChI=1S/C26H26N6O3/c1-26(30-15-24(27)34)21-9-5-6-10-23(21)32(25(26)35)19-11-17(13-29-14-19)12-22(31-28-2)20-8-4-3-7-18(20)16-33/h3-11,13-14,16,28,30H,12,15H2,1-2H3,(H2,27,34)/b31-22-. The molecule has 0 radical (unpaired) electrons. The Hall–Kier alpha value is -4.37. The van der Waals surface area contributed by atoms with Gasteiger partial charge in [0.2, 0.25) is 5.91 Å². The first kappa shape index (κ1) is 23.8. The second-order valence-electron chi connectivity index (χ2n) is 8.32. The molecule has 3 aromatic rings.